The molecule has 1 aliphatic heterocycles. The smallest absolute Gasteiger partial charge is 0.270 e. The minimum absolute atomic E-state index is 0.0837. The lowest BCUT2D eigenvalue weighted by atomic mass is 9.88. The first kappa shape index (κ1) is 19.6. The molecule has 2 fully saturated rings. The highest BCUT2D eigenvalue weighted by molar-refractivity contribution is 5.79. The van der Waals surface area contributed by atoms with E-state index in [1.165, 1.54) is 25.3 Å². The van der Waals surface area contributed by atoms with Crippen molar-refractivity contribution in [3.8, 4) is 5.75 Å². The van der Waals surface area contributed by atoms with Crippen molar-refractivity contribution < 1.29 is 14.5 Å². The van der Waals surface area contributed by atoms with Gasteiger partial charge in [-0.1, -0.05) is 19.3 Å². The molecule has 0 radical (unpaired) electrons. The topological polar surface area (TPSA) is 84.7 Å². The van der Waals surface area contributed by atoms with Crippen LogP contribution in [0.1, 0.15) is 50.5 Å². The summed E-state index contributed by atoms with van der Waals surface area (Å²) in [6, 6.07) is 4.96. The summed E-state index contributed by atoms with van der Waals surface area (Å²) in [5.41, 5.74) is 0.914. The average Bonchev–Trinajstić information content (AvgIpc) is 2.70. The zero-order valence-corrected chi connectivity index (χ0v) is 16.0. The first-order valence-electron chi connectivity index (χ1n) is 9.91. The second kappa shape index (κ2) is 9.17. The number of rotatable bonds is 6. The molecule has 148 valence electrons. The van der Waals surface area contributed by atoms with Crippen molar-refractivity contribution in [3.63, 3.8) is 0 Å². The maximum Gasteiger partial charge on any atom is 0.270 e. The molecule has 0 spiro atoms. The van der Waals surface area contributed by atoms with Crippen LogP contribution in [-0.4, -0.2) is 42.0 Å². The van der Waals surface area contributed by atoms with Crippen molar-refractivity contribution in [2.45, 2.75) is 57.5 Å². The zero-order chi connectivity index (χ0) is 19.2. The van der Waals surface area contributed by atoms with Gasteiger partial charge in [-0.15, -0.1) is 0 Å². The van der Waals surface area contributed by atoms with Crippen LogP contribution in [0, 0.1) is 16.0 Å². The van der Waals surface area contributed by atoms with Crippen LogP contribution in [0.15, 0.2) is 18.2 Å². The van der Waals surface area contributed by atoms with Gasteiger partial charge in [0.25, 0.3) is 5.69 Å². The van der Waals surface area contributed by atoms with E-state index in [2.05, 4.69) is 10.2 Å². The lowest BCUT2D eigenvalue weighted by molar-refractivity contribution is -0.385. The molecule has 0 bridgehead atoms. The van der Waals surface area contributed by atoms with Crippen molar-refractivity contribution in [3.05, 3.63) is 33.9 Å². The van der Waals surface area contributed by atoms with E-state index >= 15 is 0 Å². The number of non-ortho nitro benzene ring substituents is 1. The maximum absolute atomic E-state index is 12.4. The average molecular weight is 375 g/mol. The Bertz CT molecular complexity index is 665. The molecule has 7 heteroatoms. The predicted molar refractivity (Wildman–Crippen MR) is 103 cm³/mol. The summed E-state index contributed by atoms with van der Waals surface area (Å²) in [6.45, 7) is 2.34. The summed E-state index contributed by atoms with van der Waals surface area (Å²) < 4.78 is 5.36. The van der Waals surface area contributed by atoms with E-state index in [0.717, 1.165) is 44.3 Å². The second-order valence-electron chi connectivity index (χ2n) is 7.65. The molecule has 1 aromatic rings. The van der Waals surface area contributed by atoms with Gasteiger partial charge in [-0.05, 0) is 31.7 Å². The van der Waals surface area contributed by atoms with E-state index in [9.17, 15) is 14.9 Å². The Morgan fingerprint density at radius 1 is 1.22 bits per heavy atom. The molecule has 0 atom stereocenters. The fourth-order valence-corrected chi connectivity index (χ4v) is 4.16. The van der Waals surface area contributed by atoms with Gasteiger partial charge in [0.1, 0.15) is 5.75 Å². The van der Waals surface area contributed by atoms with Gasteiger partial charge in [0.15, 0.2) is 0 Å². The quantitative estimate of drug-likeness (QED) is 0.609. The fourth-order valence-electron chi connectivity index (χ4n) is 4.16. The second-order valence-corrected chi connectivity index (χ2v) is 7.65. The third-order valence-electron chi connectivity index (χ3n) is 5.78. The molecular formula is C20H29N3O4. The lowest BCUT2D eigenvalue weighted by Crippen LogP contribution is -2.46. The first-order valence-corrected chi connectivity index (χ1v) is 9.91. The number of nitro benzene ring substituents is 1. The summed E-state index contributed by atoms with van der Waals surface area (Å²) in [5.74, 6) is 1.10. The van der Waals surface area contributed by atoms with Crippen molar-refractivity contribution >= 4 is 11.6 Å². The van der Waals surface area contributed by atoms with Crippen LogP contribution < -0.4 is 10.1 Å². The maximum atomic E-state index is 12.4. The molecule has 1 aromatic carbocycles. The van der Waals surface area contributed by atoms with Gasteiger partial charge in [0.05, 0.1) is 12.0 Å². The van der Waals surface area contributed by atoms with E-state index in [1.807, 2.05) is 0 Å². The van der Waals surface area contributed by atoms with Crippen LogP contribution in [0.4, 0.5) is 5.69 Å². The Hall–Kier alpha value is -2.15. The normalized spacial score (nSPS) is 19.6. The van der Waals surface area contributed by atoms with Gasteiger partial charge in [-0.25, -0.2) is 0 Å². The van der Waals surface area contributed by atoms with E-state index in [-0.39, 0.29) is 28.5 Å². The van der Waals surface area contributed by atoms with Crippen molar-refractivity contribution in [2.75, 3.05) is 20.2 Å². The molecule has 3 rings (SSSR count). The number of amides is 1. The Morgan fingerprint density at radius 3 is 2.56 bits per heavy atom. The minimum Gasteiger partial charge on any atom is -0.496 e. The number of likely N-dealkylation sites (tertiary alicyclic amines) is 1. The van der Waals surface area contributed by atoms with Crippen LogP contribution in [0.2, 0.25) is 0 Å². The van der Waals surface area contributed by atoms with Gasteiger partial charge in [-0.2, -0.15) is 0 Å². The Labute approximate surface area is 160 Å². The molecule has 1 aliphatic carbocycles. The van der Waals surface area contributed by atoms with Crippen molar-refractivity contribution in [1.82, 2.24) is 10.2 Å². The van der Waals surface area contributed by atoms with E-state index in [0.29, 0.717) is 12.3 Å². The summed E-state index contributed by atoms with van der Waals surface area (Å²) >= 11 is 0. The lowest BCUT2D eigenvalue weighted by Gasteiger charge is -2.33. The summed E-state index contributed by atoms with van der Waals surface area (Å²) in [6.07, 6.45) is 7.46. The molecule has 7 nitrogen and oxygen atoms in total. The number of carbonyl (C=O) groups excluding carboxylic acids is 1. The highest BCUT2D eigenvalue weighted by Crippen LogP contribution is 2.27. The monoisotopic (exact) mass is 375 g/mol. The van der Waals surface area contributed by atoms with Crippen LogP contribution in [0.5, 0.6) is 5.75 Å². The number of hydrogen-bond acceptors (Lipinski definition) is 5. The molecule has 0 unspecified atom stereocenters. The number of benzene rings is 1. The Kier molecular flexibility index (Phi) is 6.66. The molecule has 27 heavy (non-hydrogen) atoms. The van der Waals surface area contributed by atoms with Gasteiger partial charge < -0.3 is 10.1 Å². The van der Waals surface area contributed by atoms with Gasteiger partial charge in [0.2, 0.25) is 5.91 Å². The summed E-state index contributed by atoms with van der Waals surface area (Å²) in [7, 11) is 1.58. The number of methoxy groups -OCH3 is 1. The standard InChI is InChI=1S/C20H29N3O4/c1-27-19-8-7-18(23(25)26)13-16(19)14-22-11-9-17(10-12-22)21-20(24)15-5-3-2-4-6-15/h7-8,13,15,17H,2-6,9-12,14H2,1H3,(H,21,24). The summed E-state index contributed by atoms with van der Waals surface area (Å²) in [5, 5.41) is 14.3. The molecule has 1 amide bonds. The van der Waals surface area contributed by atoms with Crippen LogP contribution in [0.3, 0.4) is 0 Å². The number of ether oxygens (including phenoxy) is 1. The first-order chi connectivity index (χ1) is 13.1. The molecule has 1 saturated heterocycles. The van der Waals surface area contributed by atoms with E-state index in [4.69, 9.17) is 4.74 Å². The summed E-state index contributed by atoms with van der Waals surface area (Å²) in [4.78, 5) is 25.3. The molecule has 2 aliphatic rings. The van der Waals surface area contributed by atoms with E-state index < -0.39 is 0 Å². The highest BCUT2D eigenvalue weighted by Gasteiger charge is 2.26. The van der Waals surface area contributed by atoms with Crippen LogP contribution in [0.25, 0.3) is 0 Å². The third kappa shape index (κ3) is 5.19. The number of nitrogens with zero attached hydrogens (tertiary/aromatic N) is 2. The minimum atomic E-state index is -0.379. The zero-order valence-electron chi connectivity index (χ0n) is 16.0. The molecular weight excluding hydrogens is 346 g/mol. The number of piperidine rings is 1. The van der Waals surface area contributed by atoms with Crippen molar-refractivity contribution in [1.29, 1.82) is 0 Å². The van der Waals surface area contributed by atoms with Gasteiger partial charge >= 0.3 is 0 Å². The van der Waals surface area contributed by atoms with Gasteiger partial charge in [0, 0.05) is 49.3 Å². The molecule has 1 heterocycles. The van der Waals surface area contributed by atoms with Crippen LogP contribution in [-0.2, 0) is 11.3 Å². The Morgan fingerprint density at radius 2 is 1.93 bits per heavy atom. The highest BCUT2D eigenvalue weighted by atomic mass is 16.6. The molecule has 1 N–H and O–H groups in total. The SMILES string of the molecule is COc1ccc([N+](=O)[O-])cc1CN1CCC(NC(=O)C2CCCCC2)CC1. The Balaban J connectivity index is 1.51. The van der Waals surface area contributed by atoms with Crippen LogP contribution >= 0.6 is 0 Å². The number of nitro groups is 1. The largest absolute Gasteiger partial charge is 0.496 e. The van der Waals surface area contributed by atoms with E-state index in [1.54, 1.807) is 19.2 Å². The third-order valence-corrected chi connectivity index (χ3v) is 5.78. The fraction of sp³-hybridized carbons (Fsp3) is 0.650. The number of nitrogens with one attached hydrogen (secondary N) is 1. The van der Waals surface area contributed by atoms with Gasteiger partial charge in [-0.3, -0.25) is 19.8 Å². The van der Waals surface area contributed by atoms with Crippen molar-refractivity contribution in [2.24, 2.45) is 5.92 Å². The predicted octanol–water partition coefficient (Wildman–Crippen LogP) is 3.26. The number of hydrogen-bond donors (Lipinski definition) is 1. The molecule has 0 aromatic heterocycles. The molecule has 1 saturated carbocycles. The number of carbonyl (C=O) groups is 1.